The average molecular weight is 731 g/mol. The highest BCUT2D eigenvalue weighted by Gasteiger charge is 2.36. The molecule has 3 aliphatic heterocycles. The Kier molecular flexibility index (Phi) is 11.3. The third kappa shape index (κ3) is 8.93. The van der Waals surface area contributed by atoms with E-state index in [-0.39, 0.29) is 12.3 Å². The number of aromatic nitrogens is 2. The lowest BCUT2D eigenvalue weighted by atomic mass is 9.90. The number of nitrogens with one attached hydrogen (secondary N) is 3. The molecule has 0 aliphatic carbocycles. The topological polar surface area (TPSA) is 127 Å². The van der Waals surface area contributed by atoms with Crippen LogP contribution >= 0.6 is 23.1 Å². The molecule has 0 radical (unpaired) electrons. The molecule has 0 spiro atoms. The highest BCUT2D eigenvalue weighted by Crippen LogP contribution is 2.40. The number of benzene rings is 1. The van der Waals surface area contributed by atoms with Crippen LogP contribution in [0.3, 0.4) is 0 Å². The van der Waals surface area contributed by atoms with Gasteiger partial charge < -0.3 is 35.1 Å². The Morgan fingerprint density at radius 2 is 1.89 bits per heavy atom. The Morgan fingerprint density at radius 3 is 2.55 bits per heavy atom. The second-order valence-corrected chi connectivity index (χ2v) is 17.3. The molecular formula is C33H49BrN9O3P. The van der Waals surface area contributed by atoms with E-state index in [1.54, 1.807) is 32.5 Å². The largest absolute Gasteiger partial charge is 0.494 e. The second kappa shape index (κ2) is 15.1. The molecule has 2 fully saturated rings. The molecule has 5 rings (SSSR count). The first-order valence-electron chi connectivity index (χ1n) is 16.4. The third-order valence-electron chi connectivity index (χ3n) is 9.38. The van der Waals surface area contributed by atoms with Gasteiger partial charge in [0.15, 0.2) is 0 Å². The van der Waals surface area contributed by atoms with Crippen molar-refractivity contribution in [3.8, 4) is 5.75 Å². The fourth-order valence-electron chi connectivity index (χ4n) is 6.40. The Morgan fingerprint density at radius 1 is 1.17 bits per heavy atom. The van der Waals surface area contributed by atoms with E-state index < -0.39 is 18.7 Å². The first-order chi connectivity index (χ1) is 22.4. The number of aliphatic imine (C=N–C) groups is 1. The number of hydrogen-bond donors (Lipinski definition) is 3. The number of piperazine rings is 1. The molecule has 2 atom stereocenters. The van der Waals surface area contributed by atoms with E-state index in [9.17, 15) is 9.36 Å². The summed E-state index contributed by atoms with van der Waals surface area (Å²) < 4.78 is 19.0. The maximum Gasteiger partial charge on any atom is 0.229 e. The number of methoxy groups -OCH3 is 1. The molecule has 3 aliphatic rings. The van der Waals surface area contributed by atoms with Crippen LogP contribution in [0.25, 0.3) is 0 Å². The zero-order valence-corrected chi connectivity index (χ0v) is 30.9. The third-order valence-corrected chi connectivity index (χ3v) is 10.8. The van der Waals surface area contributed by atoms with Crippen LogP contribution in [0.1, 0.15) is 38.7 Å². The van der Waals surface area contributed by atoms with Gasteiger partial charge in [-0.05, 0) is 79.9 Å². The number of piperidine rings is 1. The van der Waals surface area contributed by atoms with Gasteiger partial charge in [0.25, 0.3) is 0 Å². The Balaban J connectivity index is 1.34. The Labute approximate surface area is 287 Å². The van der Waals surface area contributed by atoms with E-state index in [1.165, 1.54) is 17.6 Å². The summed E-state index contributed by atoms with van der Waals surface area (Å²) in [4.78, 5) is 34.0. The van der Waals surface area contributed by atoms with Gasteiger partial charge in [0.1, 0.15) is 18.7 Å². The number of aryl methyl sites for hydroxylation is 1. The number of amides is 1. The first kappa shape index (κ1) is 35.3. The summed E-state index contributed by atoms with van der Waals surface area (Å²) in [7, 11) is 1.43. The smallest absolute Gasteiger partial charge is 0.229 e. The molecule has 1 aromatic carbocycles. The molecule has 2 aromatic rings. The van der Waals surface area contributed by atoms with E-state index in [4.69, 9.17) is 9.72 Å². The van der Waals surface area contributed by atoms with Crippen molar-refractivity contribution in [2.45, 2.75) is 57.2 Å². The molecule has 0 saturated carbocycles. The van der Waals surface area contributed by atoms with Crippen molar-refractivity contribution < 1.29 is 14.1 Å². The lowest BCUT2D eigenvalue weighted by Gasteiger charge is -2.43. The Hall–Kier alpha value is -2.99. The van der Waals surface area contributed by atoms with Gasteiger partial charge in [-0.1, -0.05) is 13.0 Å². The van der Waals surface area contributed by atoms with Crippen molar-refractivity contribution in [2.75, 3.05) is 82.3 Å². The standard InChI is InChI=1S/C33H49BrN9O3P/c1-7-23-18-26(28(46-4)19-27(23)43-11-8-24(9-12-43)42-15-13-41(3)14-16-42)38-32-35-21-25(34)31(40-32)39-29-20-30(44)36-22-37-33(29,2)10-17-47(5,6)45/h10,17-19,21-22,24,29H,7-9,11-16,20H2,1-6H3,(H,36,37,44)(H2,35,38,39,40)/b17-10+/t29?,33-/m1/s1. The lowest BCUT2D eigenvalue weighted by molar-refractivity contribution is -0.119. The van der Waals surface area contributed by atoms with E-state index in [0.717, 1.165) is 70.0 Å². The minimum atomic E-state index is -2.46. The monoisotopic (exact) mass is 729 g/mol. The van der Waals surface area contributed by atoms with Crippen LogP contribution in [0.5, 0.6) is 5.75 Å². The van der Waals surface area contributed by atoms with Gasteiger partial charge in [-0.2, -0.15) is 4.98 Å². The van der Waals surface area contributed by atoms with Crippen LogP contribution < -0.4 is 25.6 Å². The Bertz CT molecular complexity index is 1530. The van der Waals surface area contributed by atoms with Gasteiger partial charge >= 0.3 is 0 Å². The second-order valence-electron chi connectivity index (χ2n) is 13.3. The molecule has 1 amide bonds. The number of anilines is 4. The van der Waals surface area contributed by atoms with Crippen LogP contribution in [-0.4, -0.2) is 116 Å². The van der Waals surface area contributed by atoms with Crippen LogP contribution in [0.4, 0.5) is 23.1 Å². The van der Waals surface area contributed by atoms with Crippen molar-refractivity contribution in [3.05, 3.63) is 40.3 Å². The molecule has 2 saturated heterocycles. The number of carbonyl (C=O) groups excluding carboxylic acids is 1. The lowest BCUT2D eigenvalue weighted by Crippen LogP contribution is -2.52. The number of ether oxygens (including phenoxy) is 1. The number of carbonyl (C=O) groups is 1. The van der Waals surface area contributed by atoms with E-state index >= 15 is 0 Å². The van der Waals surface area contributed by atoms with Crippen LogP contribution in [0.2, 0.25) is 0 Å². The van der Waals surface area contributed by atoms with Crippen molar-refractivity contribution in [1.82, 2.24) is 25.1 Å². The summed E-state index contributed by atoms with van der Waals surface area (Å²) in [6, 6.07) is 4.46. The summed E-state index contributed by atoms with van der Waals surface area (Å²) in [6.07, 6.45) is 8.23. The molecule has 14 heteroatoms. The maximum absolute atomic E-state index is 12.5. The predicted octanol–water partition coefficient (Wildman–Crippen LogP) is 4.99. The highest BCUT2D eigenvalue weighted by atomic mass is 79.9. The van der Waals surface area contributed by atoms with E-state index in [1.807, 2.05) is 13.0 Å². The summed E-state index contributed by atoms with van der Waals surface area (Å²) in [5.74, 6) is 3.11. The predicted molar refractivity (Wildman–Crippen MR) is 195 cm³/mol. The number of halogens is 1. The summed E-state index contributed by atoms with van der Waals surface area (Å²) >= 11 is 3.57. The van der Waals surface area contributed by atoms with Gasteiger partial charge in [0.05, 0.1) is 35.2 Å². The van der Waals surface area contributed by atoms with Gasteiger partial charge in [0, 0.05) is 69.7 Å². The highest BCUT2D eigenvalue weighted by molar-refractivity contribution is 9.10. The number of likely N-dealkylation sites (N-methyl/N-ethyl adjacent to an activating group) is 1. The van der Waals surface area contributed by atoms with Crippen LogP contribution in [0, 0.1) is 0 Å². The van der Waals surface area contributed by atoms with Crippen molar-refractivity contribution in [3.63, 3.8) is 0 Å². The van der Waals surface area contributed by atoms with Gasteiger partial charge in [0.2, 0.25) is 11.9 Å². The minimum absolute atomic E-state index is 0.138. The van der Waals surface area contributed by atoms with E-state index in [0.29, 0.717) is 22.3 Å². The summed E-state index contributed by atoms with van der Waals surface area (Å²) in [6.45, 7) is 14.1. The summed E-state index contributed by atoms with van der Waals surface area (Å²) in [5.41, 5.74) is 2.37. The number of nitrogens with zero attached hydrogens (tertiary/aromatic N) is 6. The fourth-order valence-corrected chi connectivity index (χ4v) is 7.37. The SMILES string of the molecule is CCc1cc(Nc2ncc(Br)c(NC3CC(=O)NC=N[C@]3(C)/C=C/P(C)(C)=O)n2)c(OC)cc1N1CCC(N2CCN(C)CC2)CC1. The zero-order valence-electron chi connectivity index (χ0n) is 28.4. The molecule has 0 bridgehead atoms. The average Bonchev–Trinajstić information content (AvgIpc) is 3.18. The number of hydrogen-bond acceptors (Lipinski definition) is 11. The fraction of sp³-hybridized carbons (Fsp3) is 0.576. The molecule has 47 heavy (non-hydrogen) atoms. The van der Waals surface area contributed by atoms with E-state index in [2.05, 4.69) is 82.7 Å². The van der Waals surface area contributed by atoms with Crippen molar-refractivity contribution in [2.24, 2.45) is 4.99 Å². The molecular weight excluding hydrogens is 681 g/mol. The molecule has 1 unspecified atom stereocenters. The van der Waals surface area contributed by atoms with Crippen LogP contribution in [0.15, 0.2) is 39.7 Å². The molecule has 4 heterocycles. The molecule has 256 valence electrons. The van der Waals surface area contributed by atoms with Gasteiger partial charge in [-0.3, -0.25) is 14.7 Å². The van der Waals surface area contributed by atoms with Gasteiger partial charge in [-0.15, -0.1) is 0 Å². The normalized spacial score (nSPS) is 23.5. The maximum atomic E-state index is 12.5. The molecule has 3 N–H and O–H groups in total. The zero-order chi connectivity index (χ0) is 33.8. The first-order valence-corrected chi connectivity index (χ1v) is 19.9. The summed E-state index contributed by atoms with van der Waals surface area (Å²) in [5, 5.41) is 9.47. The molecule has 1 aromatic heterocycles. The van der Waals surface area contributed by atoms with Crippen molar-refractivity contribution in [1.29, 1.82) is 0 Å². The quantitative estimate of drug-likeness (QED) is 0.288. The van der Waals surface area contributed by atoms with Crippen LogP contribution in [-0.2, 0) is 15.8 Å². The number of rotatable bonds is 10. The minimum Gasteiger partial charge on any atom is -0.494 e. The van der Waals surface area contributed by atoms with Crippen molar-refractivity contribution >= 4 is 58.5 Å². The van der Waals surface area contributed by atoms with Gasteiger partial charge in [-0.25, -0.2) is 4.98 Å². The molecule has 12 nitrogen and oxygen atoms in total.